The fraction of sp³-hybridized carbons (Fsp3) is 0.333. The summed E-state index contributed by atoms with van der Waals surface area (Å²) in [6.07, 6.45) is 1.03. The average Bonchev–Trinajstić information content (AvgIpc) is 2.60. The molecule has 0 saturated heterocycles. The lowest BCUT2D eigenvalue weighted by Crippen LogP contribution is -2.30. The normalized spacial score (nSPS) is 16.8. The Hall–Kier alpha value is -2.20. The SMILES string of the molecule is COc1ccc2c(c1)C(c1ccc(OC)c(OC)c1)NCC2. The van der Waals surface area contributed by atoms with Gasteiger partial charge in [-0.3, -0.25) is 0 Å². The summed E-state index contributed by atoms with van der Waals surface area (Å²) in [5.74, 6) is 2.37. The first-order valence-electron chi connectivity index (χ1n) is 7.39. The lowest BCUT2D eigenvalue weighted by molar-refractivity contribution is 0.354. The summed E-state index contributed by atoms with van der Waals surface area (Å²) in [4.78, 5) is 0. The molecule has 1 atom stereocenters. The van der Waals surface area contributed by atoms with Gasteiger partial charge in [0.05, 0.1) is 27.4 Å². The van der Waals surface area contributed by atoms with Crippen LogP contribution >= 0.6 is 0 Å². The average molecular weight is 299 g/mol. The van der Waals surface area contributed by atoms with Gasteiger partial charge in [-0.1, -0.05) is 12.1 Å². The van der Waals surface area contributed by atoms with Crippen LogP contribution in [-0.4, -0.2) is 27.9 Å². The Morgan fingerprint density at radius 1 is 0.909 bits per heavy atom. The van der Waals surface area contributed by atoms with Crippen LogP contribution in [-0.2, 0) is 6.42 Å². The minimum absolute atomic E-state index is 0.138. The van der Waals surface area contributed by atoms with E-state index in [1.54, 1.807) is 21.3 Å². The molecule has 3 rings (SSSR count). The van der Waals surface area contributed by atoms with E-state index in [0.29, 0.717) is 0 Å². The van der Waals surface area contributed by atoms with E-state index < -0.39 is 0 Å². The minimum atomic E-state index is 0.138. The van der Waals surface area contributed by atoms with Crippen molar-refractivity contribution in [3.63, 3.8) is 0 Å². The smallest absolute Gasteiger partial charge is 0.161 e. The van der Waals surface area contributed by atoms with Gasteiger partial charge in [-0.15, -0.1) is 0 Å². The van der Waals surface area contributed by atoms with Gasteiger partial charge in [-0.05, 0) is 47.4 Å². The van der Waals surface area contributed by atoms with Crippen LogP contribution in [0.4, 0.5) is 0 Å². The van der Waals surface area contributed by atoms with Crippen molar-refractivity contribution in [2.24, 2.45) is 0 Å². The topological polar surface area (TPSA) is 39.7 Å². The summed E-state index contributed by atoms with van der Waals surface area (Å²) in [5.41, 5.74) is 3.78. The van der Waals surface area contributed by atoms with Crippen LogP contribution in [0.1, 0.15) is 22.7 Å². The molecule has 0 fully saturated rings. The van der Waals surface area contributed by atoms with Crippen LogP contribution in [0, 0.1) is 0 Å². The second-order valence-corrected chi connectivity index (χ2v) is 5.32. The Balaban J connectivity index is 2.03. The van der Waals surface area contributed by atoms with Crippen molar-refractivity contribution in [3.8, 4) is 17.2 Å². The predicted molar refractivity (Wildman–Crippen MR) is 86.1 cm³/mol. The number of rotatable bonds is 4. The molecule has 0 aromatic heterocycles. The third-order valence-electron chi connectivity index (χ3n) is 4.15. The largest absolute Gasteiger partial charge is 0.497 e. The van der Waals surface area contributed by atoms with Crippen LogP contribution in [0.15, 0.2) is 36.4 Å². The number of fused-ring (bicyclic) bond motifs is 1. The molecule has 0 saturated carbocycles. The highest BCUT2D eigenvalue weighted by Gasteiger charge is 2.23. The van der Waals surface area contributed by atoms with Gasteiger partial charge >= 0.3 is 0 Å². The number of nitrogens with one attached hydrogen (secondary N) is 1. The zero-order valence-electron chi connectivity index (χ0n) is 13.2. The van der Waals surface area contributed by atoms with E-state index in [-0.39, 0.29) is 6.04 Å². The van der Waals surface area contributed by atoms with Crippen molar-refractivity contribution in [3.05, 3.63) is 53.1 Å². The molecule has 2 aromatic carbocycles. The molecule has 1 aliphatic heterocycles. The highest BCUT2D eigenvalue weighted by Crippen LogP contribution is 2.35. The Morgan fingerprint density at radius 3 is 2.45 bits per heavy atom. The molecule has 1 unspecified atom stereocenters. The van der Waals surface area contributed by atoms with Crippen LogP contribution in [0.3, 0.4) is 0 Å². The Kier molecular flexibility index (Phi) is 4.20. The van der Waals surface area contributed by atoms with Crippen molar-refractivity contribution in [2.75, 3.05) is 27.9 Å². The maximum absolute atomic E-state index is 5.42. The minimum Gasteiger partial charge on any atom is -0.497 e. The number of benzene rings is 2. The molecule has 22 heavy (non-hydrogen) atoms. The van der Waals surface area contributed by atoms with E-state index in [2.05, 4.69) is 23.5 Å². The van der Waals surface area contributed by atoms with Crippen molar-refractivity contribution in [1.82, 2.24) is 5.32 Å². The van der Waals surface area contributed by atoms with E-state index in [9.17, 15) is 0 Å². The highest BCUT2D eigenvalue weighted by molar-refractivity contribution is 5.49. The lowest BCUT2D eigenvalue weighted by atomic mass is 9.89. The fourth-order valence-electron chi connectivity index (χ4n) is 2.99. The first-order chi connectivity index (χ1) is 10.8. The maximum atomic E-state index is 5.42. The molecule has 4 nitrogen and oxygen atoms in total. The summed E-state index contributed by atoms with van der Waals surface area (Å²) in [5, 5.41) is 3.58. The van der Waals surface area contributed by atoms with E-state index in [1.165, 1.54) is 11.1 Å². The van der Waals surface area contributed by atoms with Gasteiger partial charge in [0, 0.05) is 6.54 Å². The standard InChI is InChI=1S/C18H21NO3/c1-20-14-6-4-12-8-9-19-18(15(12)11-14)13-5-7-16(21-2)17(10-13)22-3/h4-7,10-11,18-19H,8-9H2,1-3H3. The van der Waals surface area contributed by atoms with Crippen molar-refractivity contribution >= 4 is 0 Å². The molecule has 4 heteroatoms. The molecule has 1 N–H and O–H groups in total. The van der Waals surface area contributed by atoms with Crippen LogP contribution < -0.4 is 19.5 Å². The van der Waals surface area contributed by atoms with Crippen molar-refractivity contribution < 1.29 is 14.2 Å². The van der Waals surface area contributed by atoms with Gasteiger partial charge in [0.2, 0.25) is 0 Å². The fourth-order valence-corrected chi connectivity index (χ4v) is 2.99. The Bertz CT molecular complexity index is 669. The van der Waals surface area contributed by atoms with E-state index >= 15 is 0 Å². The number of hydrogen-bond donors (Lipinski definition) is 1. The first kappa shape index (κ1) is 14.7. The van der Waals surface area contributed by atoms with Gasteiger partial charge in [0.15, 0.2) is 11.5 Å². The van der Waals surface area contributed by atoms with Gasteiger partial charge in [0.1, 0.15) is 5.75 Å². The zero-order valence-corrected chi connectivity index (χ0v) is 13.2. The number of ether oxygens (including phenoxy) is 3. The molecule has 1 aliphatic rings. The van der Waals surface area contributed by atoms with Gasteiger partial charge in [0.25, 0.3) is 0 Å². The molecule has 116 valence electrons. The van der Waals surface area contributed by atoms with Crippen LogP contribution in [0.2, 0.25) is 0 Å². The third-order valence-corrected chi connectivity index (χ3v) is 4.15. The molecule has 0 amide bonds. The first-order valence-corrected chi connectivity index (χ1v) is 7.39. The summed E-state index contributed by atoms with van der Waals surface area (Å²) >= 11 is 0. The van der Waals surface area contributed by atoms with Crippen molar-refractivity contribution in [2.45, 2.75) is 12.5 Å². The Labute approximate surface area is 131 Å². The number of methoxy groups -OCH3 is 3. The van der Waals surface area contributed by atoms with Gasteiger partial charge in [-0.2, -0.15) is 0 Å². The summed E-state index contributed by atoms with van der Waals surface area (Å²) in [7, 11) is 5.01. The number of hydrogen-bond acceptors (Lipinski definition) is 4. The molecular weight excluding hydrogens is 278 g/mol. The molecule has 0 bridgehead atoms. The highest BCUT2D eigenvalue weighted by atomic mass is 16.5. The molecule has 2 aromatic rings. The molecule has 1 heterocycles. The zero-order chi connectivity index (χ0) is 15.5. The molecular formula is C18H21NO3. The second kappa shape index (κ2) is 6.28. The summed E-state index contributed by atoms with van der Waals surface area (Å²) < 4.78 is 16.1. The van der Waals surface area contributed by atoms with Gasteiger partial charge < -0.3 is 19.5 Å². The lowest BCUT2D eigenvalue weighted by Gasteiger charge is -2.28. The molecule has 0 spiro atoms. The van der Waals surface area contributed by atoms with Crippen LogP contribution in [0.5, 0.6) is 17.2 Å². The third kappa shape index (κ3) is 2.62. The van der Waals surface area contributed by atoms with E-state index in [1.807, 2.05) is 18.2 Å². The Morgan fingerprint density at radius 2 is 1.73 bits per heavy atom. The van der Waals surface area contributed by atoms with Crippen LogP contribution in [0.25, 0.3) is 0 Å². The second-order valence-electron chi connectivity index (χ2n) is 5.32. The van der Waals surface area contributed by atoms with E-state index in [0.717, 1.165) is 35.8 Å². The van der Waals surface area contributed by atoms with Gasteiger partial charge in [-0.25, -0.2) is 0 Å². The quantitative estimate of drug-likeness (QED) is 0.942. The van der Waals surface area contributed by atoms with Crippen molar-refractivity contribution in [1.29, 1.82) is 0 Å². The monoisotopic (exact) mass is 299 g/mol. The summed E-state index contributed by atoms with van der Waals surface area (Å²) in [6.45, 7) is 0.957. The maximum Gasteiger partial charge on any atom is 0.161 e. The van der Waals surface area contributed by atoms with E-state index in [4.69, 9.17) is 14.2 Å². The molecule has 0 aliphatic carbocycles. The summed E-state index contributed by atoms with van der Waals surface area (Å²) in [6, 6.07) is 12.5. The predicted octanol–water partition coefficient (Wildman–Crippen LogP) is 2.95. The molecule has 0 radical (unpaired) electrons.